The van der Waals surface area contributed by atoms with Gasteiger partial charge in [-0.1, -0.05) is 12.8 Å². The lowest BCUT2D eigenvalue weighted by molar-refractivity contribution is -0.166. The molecule has 3 fully saturated rings. The molecule has 30 heavy (non-hydrogen) atoms. The van der Waals surface area contributed by atoms with Gasteiger partial charge in [-0.25, -0.2) is 9.97 Å². The molecule has 1 atom stereocenters. The van der Waals surface area contributed by atoms with Crippen LogP contribution in [0.5, 0.6) is 0 Å². The van der Waals surface area contributed by atoms with E-state index in [1.807, 2.05) is 6.07 Å². The van der Waals surface area contributed by atoms with Crippen molar-refractivity contribution in [3.63, 3.8) is 0 Å². The van der Waals surface area contributed by atoms with Crippen molar-refractivity contribution in [3.05, 3.63) is 18.5 Å². The highest BCUT2D eigenvalue weighted by Crippen LogP contribution is 2.47. The molecule has 2 saturated heterocycles. The molecule has 1 spiro atoms. The maximum atomic E-state index is 12.6. The zero-order chi connectivity index (χ0) is 20.3. The Morgan fingerprint density at radius 3 is 2.30 bits per heavy atom. The van der Waals surface area contributed by atoms with Crippen LogP contribution in [0.15, 0.2) is 18.5 Å². The van der Waals surface area contributed by atoms with Crippen LogP contribution in [0.25, 0.3) is 0 Å². The third-order valence-electron chi connectivity index (χ3n) is 6.80. The van der Waals surface area contributed by atoms with Crippen molar-refractivity contribution in [1.29, 1.82) is 0 Å². The highest BCUT2D eigenvalue weighted by Gasteiger charge is 2.51. The van der Waals surface area contributed by atoms with E-state index in [-0.39, 0.29) is 24.2 Å². The molecule has 3 heterocycles. The number of aliphatic hydroxyl groups is 1. The van der Waals surface area contributed by atoms with Crippen LogP contribution in [-0.2, 0) is 9.59 Å². The summed E-state index contributed by atoms with van der Waals surface area (Å²) >= 11 is 0. The molecule has 1 saturated carbocycles. The maximum Gasteiger partial charge on any atom is 0.258 e. The Morgan fingerprint density at radius 2 is 1.63 bits per heavy atom. The zero-order valence-electron chi connectivity index (χ0n) is 17.4. The highest BCUT2D eigenvalue weighted by atomic mass is 35.5. The van der Waals surface area contributed by atoms with Crippen molar-refractivity contribution in [3.8, 4) is 0 Å². The third-order valence-corrected chi connectivity index (χ3v) is 6.80. The van der Waals surface area contributed by atoms with Gasteiger partial charge in [0.2, 0.25) is 11.9 Å². The fraction of sp³-hybridized carbons (Fsp3) is 0.714. The SMILES string of the molecule is Cl.O=C1CC2(CCCC2)[C@@H](O)C(=O)N1CCCCN1CCN(c2ncccn2)CC1. The monoisotopic (exact) mass is 437 g/mol. The number of hydrogen-bond donors (Lipinski definition) is 1. The summed E-state index contributed by atoms with van der Waals surface area (Å²) in [5, 5.41) is 10.5. The maximum absolute atomic E-state index is 12.6. The molecule has 0 bridgehead atoms. The lowest BCUT2D eigenvalue weighted by Gasteiger charge is -2.41. The van der Waals surface area contributed by atoms with E-state index in [0.717, 1.165) is 77.2 Å². The molecule has 1 aromatic heterocycles. The smallest absolute Gasteiger partial charge is 0.258 e. The number of unbranched alkanes of at least 4 members (excludes halogenated alkanes) is 1. The van der Waals surface area contributed by atoms with E-state index < -0.39 is 11.5 Å². The van der Waals surface area contributed by atoms with Crippen molar-refractivity contribution < 1.29 is 14.7 Å². The Morgan fingerprint density at radius 1 is 1.00 bits per heavy atom. The van der Waals surface area contributed by atoms with Crippen LogP contribution < -0.4 is 4.90 Å². The number of imide groups is 1. The van der Waals surface area contributed by atoms with E-state index in [4.69, 9.17) is 0 Å². The average molecular weight is 438 g/mol. The van der Waals surface area contributed by atoms with E-state index in [2.05, 4.69) is 19.8 Å². The number of hydrogen-bond acceptors (Lipinski definition) is 7. The minimum Gasteiger partial charge on any atom is -0.383 e. The Balaban J connectivity index is 0.00000256. The summed E-state index contributed by atoms with van der Waals surface area (Å²) < 4.78 is 0. The number of anilines is 1. The van der Waals surface area contributed by atoms with Crippen molar-refractivity contribution in [2.24, 2.45) is 5.41 Å². The second kappa shape index (κ2) is 10.0. The molecule has 3 aliphatic rings. The molecular formula is C21H32ClN5O3. The van der Waals surface area contributed by atoms with Crippen LogP contribution in [0.3, 0.4) is 0 Å². The quantitative estimate of drug-likeness (QED) is 0.532. The number of piperidine rings is 1. The number of aliphatic hydroxyl groups excluding tert-OH is 1. The number of carbonyl (C=O) groups is 2. The zero-order valence-corrected chi connectivity index (χ0v) is 18.2. The lowest BCUT2D eigenvalue weighted by Crippen LogP contribution is -2.56. The van der Waals surface area contributed by atoms with Crippen LogP contribution in [-0.4, -0.2) is 82.1 Å². The molecule has 2 amide bonds. The number of piperazine rings is 1. The van der Waals surface area contributed by atoms with Crippen molar-refractivity contribution in [1.82, 2.24) is 19.8 Å². The Labute approximate surface area is 184 Å². The van der Waals surface area contributed by atoms with Crippen LogP contribution >= 0.6 is 12.4 Å². The van der Waals surface area contributed by atoms with Gasteiger partial charge < -0.3 is 10.0 Å². The Kier molecular flexibility index (Phi) is 7.65. The first-order valence-electron chi connectivity index (χ1n) is 10.9. The second-order valence-electron chi connectivity index (χ2n) is 8.62. The summed E-state index contributed by atoms with van der Waals surface area (Å²) in [7, 11) is 0. The Bertz CT molecular complexity index is 721. The van der Waals surface area contributed by atoms with Gasteiger partial charge in [0.15, 0.2) is 0 Å². The standard InChI is InChI=1S/C21H31N5O3.ClH/c27-17-16-21(6-1-2-7-21)18(28)19(29)26(17)11-4-3-10-24-12-14-25(15-13-24)20-22-8-5-9-23-20;/h5,8-9,18,28H,1-4,6-7,10-16H2;1H/t18-;/m0./s1. The van der Waals surface area contributed by atoms with E-state index in [1.54, 1.807) is 12.4 Å². The first-order valence-corrected chi connectivity index (χ1v) is 10.9. The van der Waals surface area contributed by atoms with Gasteiger partial charge in [-0.15, -0.1) is 12.4 Å². The lowest BCUT2D eigenvalue weighted by atomic mass is 9.74. The molecule has 2 aliphatic heterocycles. The molecule has 8 nitrogen and oxygen atoms in total. The summed E-state index contributed by atoms with van der Waals surface area (Å²) in [5.41, 5.74) is -0.479. The van der Waals surface area contributed by atoms with Gasteiger partial charge in [-0.2, -0.15) is 0 Å². The first kappa shape index (κ1) is 22.9. The predicted molar refractivity (Wildman–Crippen MR) is 115 cm³/mol. The van der Waals surface area contributed by atoms with E-state index in [0.29, 0.717) is 13.0 Å². The molecule has 166 valence electrons. The van der Waals surface area contributed by atoms with Gasteiger partial charge in [-0.05, 0) is 38.3 Å². The molecular weight excluding hydrogens is 406 g/mol. The molecule has 1 aromatic rings. The van der Waals surface area contributed by atoms with Crippen LogP contribution in [0.1, 0.15) is 44.9 Å². The van der Waals surface area contributed by atoms with Gasteiger partial charge in [0.1, 0.15) is 6.10 Å². The number of carbonyl (C=O) groups excluding carboxylic acids is 2. The normalized spacial score (nSPS) is 24.4. The fourth-order valence-electron chi connectivity index (χ4n) is 5.02. The molecule has 9 heteroatoms. The van der Waals surface area contributed by atoms with E-state index in [1.165, 1.54) is 4.90 Å². The van der Waals surface area contributed by atoms with E-state index in [9.17, 15) is 14.7 Å². The Hall–Kier alpha value is -1.77. The van der Waals surface area contributed by atoms with Gasteiger partial charge in [0.05, 0.1) is 0 Å². The number of amides is 2. The molecule has 0 radical (unpaired) electrons. The number of nitrogens with zero attached hydrogens (tertiary/aromatic N) is 5. The average Bonchev–Trinajstić information content (AvgIpc) is 3.22. The summed E-state index contributed by atoms with van der Waals surface area (Å²) in [6.45, 7) is 5.10. The van der Waals surface area contributed by atoms with Crippen LogP contribution in [0.4, 0.5) is 5.95 Å². The van der Waals surface area contributed by atoms with Crippen LogP contribution in [0.2, 0.25) is 0 Å². The second-order valence-corrected chi connectivity index (χ2v) is 8.62. The van der Waals surface area contributed by atoms with Crippen molar-refractivity contribution in [2.75, 3.05) is 44.2 Å². The van der Waals surface area contributed by atoms with Crippen molar-refractivity contribution in [2.45, 2.75) is 51.0 Å². The summed E-state index contributed by atoms with van der Waals surface area (Å²) in [4.78, 5) is 39.7. The first-order chi connectivity index (χ1) is 14.1. The number of rotatable bonds is 6. The third kappa shape index (κ3) is 4.76. The summed E-state index contributed by atoms with van der Waals surface area (Å²) in [6, 6.07) is 1.82. The van der Waals surface area contributed by atoms with Crippen molar-refractivity contribution >= 4 is 30.2 Å². The van der Waals surface area contributed by atoms with Gasteiger partial charge in [0.25, 0.3) is 5.91 Å². The summed E-state index contributed by atoms with van der Waals surface area (Å²) in [5.74, 6) is 0.311. The molecule has 0 aromatic carbocycles. The fourth-order valence-corrected chi connectivity index (χ4v) is 5.02. The summed E-state index contributed by atoms with van der Waals surface area (Å²) in [6.07, 6.45) is 8.15. The largest absolute Gasteiger partial charge is 0.383 e. The van der Waals surface area contributed by atoms with Crippen LogP contribution in [0, 0.1) is 5.41 Å². The van der Waals surface area contributed by atoms with Gasteiger partial charge >= 0.3 is 0 Å². The minimum absolute atomic E-state index is 0. The predicted octanol–water partition coefficient (Wildman–Crippen LogP) is 1.48. The van der Waals surface area contributed by atoms with Gasteiger partial charge in [-0.3, -0.25) is 19.4 Å². The highest BCUT2D eigenvalue weighted by molar-refractivity contribution is 6.01. The molecule has 0 unspecified atom stereocenters. The number of likely N-dealkylation sites (tertiary alicyclic amines) is 1. The van der Waals surface area contributed by atoms with Gasteiger partial charge in [0, 0.05) is 57.0 Å². The minimum atomic E-state index is -1.00. The molecule has 1 N–H and O–H groups in total. The topological polar surface area (TPSA) is 89.9 Å². The number of aromatic nitrogens is 2. The molecule has 1 aliphatic carbocycles. The molecule has 4 rings (SSSR count). The number of halogens is 1. The van der Waals surface area contributed by atoms with E-state index >= 15 is 0 Å².